The van der Waals surface area contributed by atoms with Crippen molar-refractivity contribution in [2.45, 2.75) is 17.6 Å². The summed E-state index contributed by atoms with van der Waals surface area (Å²) in [4.78, 5) is 41.8. The monoisotopic (exact) mass is 252 g/mol. The van der Waals surface area contributed by atoms with Gasteiger partial charge in [0, 0.05) is 6.42 Å². The number of hydrogen-bond donors (Lipinski definition) is 6. The average Bonchev–Trinajstić information content (AvgIpc) is 2.15. The van der Waals surface area contributed by atoms with E-state index in [1.807, 2.05) is 0 Å². The van der Waals surface area contributed by atoms with Gasteiger partial charge in [-0.2, -0.15) is 0 Å². The molecule has 0 unspecified atom stereocenters. The summed E-state index contributed by atoms with van der Waals surface area (Å²) in [6.45, 7) is 0. The Kier molecular flexibility index (Phi) is 3.79. The predicted octanol–water partition coefficient (Wildman–Crippen LogP) is -2.82. The van der Waals surface area contributed by atoms with E-state index in [9.17, 15) is 19.2 Å². The maximum absolute atomic E-state index is 10.5. The highest BCUT2D eigenvalue weighted by atomic mass is 16.5. The largest absolute Gasteiger partial charge is 0.479 e. The molecule has 0 atom stereocenters. The molecule has 0 saturated heterocycles. The molecule has 0 fully saturated rings. The third-order valence-corrected chi connectivity index (χ3v) is 1.93. The lowest BCUT2D eigenvalue weighted by atomic mass is 9.87. The van der Waals surface area contributed by atoms with Gasteiger partial charge in [-0.05, 0) is 0 Å². The zero-order valence-corrected chi connectivity index (χ0v) is 8.02. The average molecular weight is 252 g/mol. The fourth-order valence-corrected chi connectivity index (χ4v) is 0.856. The van der Waals surface area contributed by atoms with Crippen molar-refractivity contribution < 1.29 is 49.8 Å². The van der Waals surface area contributed by atoms with Gasteiger partial charge < -0.3 is 30.6 Å². The van der Waals surface area contributed by atoms with Crippen LogP contribution in [0.3, 0.4) is 0 Å². The minimum absolute atomic E-state index is 1.95. The highest BCUT2D eigenvalue weighted by Gasteiger charge is 2.57. The van der Waals surface area contributed by atoms with Gasteiger partial charge in [0.15, 0.2) is 0 Å². The molecule has 0 bridgehead atoms. The lowest BCUT2D eigenvalue weighted by Gasteiger charge is -2.25. The highest BCUT2D eigenvalue weighted by Crippen LogP contribution is 2.23. The van der Waals surface area contributed by atoms with Gasteiger partial charge in [0.25, 0.3) is 11.2 Å². The molecule has 0 aromatic carbocycles. The molecule has 96 valence electrons. The van der Waals surface area contributed by atoms with Crippen LogP contribution in [-0.4, -0.2) is 65.7 Å². The van der Waals surface area contributed by atoms with Crippen LogP contribution in [0.25, 0.3) is 0 Å². The molecule has 10 heteroatoms. The van der Waals surface area contributed by atoms with Crippen molar-refractivity contribution in [2.75, 3.05) is 0 Å². The van der Waals surface area contributed by atoms with Crippen LogP contribution in [0.4, 0.5) is 0 Å². The second kappa shape index (κ2) is 4.35. The number of aliphatic carboxylic acids is 4. The summed E-state index contributed by atoms with van der Waals surface area (Å²) >= 11 is 0. The van der Waals surface area contributed by atoms with Crippen molar-refractivity contribution >= 4 is 23.9 Å². The Labute approximate surface area is 92.3 Å². The third-order valence-electron chi connectivity index (χ3n) is 1.93. The van der Waals surface area contributed by atoms with E-state index in [0.717, 1.165) is 0 Å². The first kappa shape index (κ1) is 14.8. The van der Waals surface area contributed by atoms with E-state index in [1.54, 1.807) is 0 Å². The Morgan fingerprint density at radius 2 is 0.824 bits per heavy atom. The van der Waals surface area contributed by atoms with Gasteiger partial charge in [-0.3, -0.25) is 0 Å². The van der Waals surface area contributed by atoms with Gasteiger partial charge in [-0.25, -0.2) is 19.2 Å². The molecule has 0 aliphatic heterocycles. The van der Waals surface area contributed by atoms with Crippen LogP contribution in [-0.2, 0) is 19.2 Å². The summed E-state index contributed by atoms with van der Waals surface area (Å²) in [6.07, 6.45) is -1.95. The van der Waals surface area contributed by atoms with E-state index in [4.69, 9.17) is 30.6 Å². The number of carbonyl (C=O) groups is 4. The maximum atomic E-state index is 10.5. The Balaban J connectivity index is 5.53. The van der Waals surface area contributed by atoms with Gasteiger partial charge in [-0.1, -0.05) is 0 Å². The molecular weight excluding hydrogens is 244 g/mol. The molecule has 0 saturated carbocycles. The lowest BCUT2D eigenvalue weighted by Crippen LogP contribution is -2.58. The van der Waals surface area contributed by atoms with Gasteiger partial charge in [0.1, 0.15) is 0 Å². The normalized spacial score (nSPS) is 11.9. The van der Waals surface area contributed by atoms with Gasteiger partial charge in [0.2, 0.25) is 0 Å². The Bertz CT molecular complexity index is 318. The van der Waals surface area contributed by atoms with Gasteiger partial charge >= 0.3 is 23.9 Å². The van der Waals surface area contributed by atoms with Gasteiger partial charge in [-0.15, -0.1) is 0 Å². The van der Waals surface area contributed by atoms with Crippen molar-refractivity contribution in [1.82, 2.24) is 0 Å². The number of hydrogen-bond acceptors (Lipinski definition) is 6. The maximum Gasteiger partial charge on any atom is 0.347 e. The number of carboxylic acid groups (broad SMARTS) is 4. The molecule has 0 spiro atoms. The summed E-state index contributed by atoms with van der Waals surface area (Å²) in [5.41, 5.74) is -7.46. The minimum Gasteiger partial charge on any atom is -0.479 e. The molecule has 0 rings (SSSR count). The Hall–Kier alpha value is -2.20. The molecule has 10 nitrogen and oxygen atoms in total. The first-order valence-electron chi connectivity index (χ1n) is 3.87. The molecule has 0 aliphatic rings. The van der Waals surface area contributed by atoms with Crippen LogP contribution in [0, 0.1) is 0 Å². The molecule has 6 N–H and O–H groups in total. The van der Waals surface area contributed by atoms with Crippen molar-refractivity contribution in [3.8, 4) is 0 Å². The second-order valence-electron chi connectivity index (χ2n) is 3.12. The van der Waals surface area contributed by atoms with E-state index in [-0.39, 0.29) is 0 Å². The Morgan fingerprint density at radius 1 is 0.647 bits per heavy atom. The van der Waals surface area contributed by atoms with Crippen LogP contribution in [0.15, 0.2) is 0 Å². The predicted molar refractivity (Wildman–Crippen MR) is 45.1 cm³/mol. The number of aliphatic hydroxyl groups is 2. The summed E-state index contributed by atoms with van der Waals surface area (Å²) in [5.74, 6) is -9.59. The van der Waals surface area contributed by atoms with Crippen LogP contribution in [0.2, 0.25) is 0 Å². The number of rotatable bonds is 6. The van der Waals surface area contributed by atoms with E-state index >= 15 is 0 Å². The standard InChI is InChI=1S/C7H8O10/c8-2(9)6(16,3(10)11)1-7(17,4(12)13)5(14)15/h16-17H,1H2,(H,8,9)(H,10,11)(H,12,13)(H,14,15). The van der Waals surface area contributed by atoms with E-state index in [1.165, 1.54) is 0 Å². The third kappa shape index (κ3) is 2.49. The van der Waals surface area contributed by atoms with E-state index < -0.39 is 41.5 Å². The summed E-state index contributed by atoms with van der Waals surface area (Å²) in [5, 5.41) is 51.8. The zero-order chi connectivity index (χ0) is 14.0. The van der Waals surface area contributed by atoms with Crippen molar-refractivity contribution in [3.05, 3.63) is 0 Å². The molecule has 0 radical (unpaired) electrons. The summed E-state index contributed by atoms with van der Waals surface area (Å²) in [7, 11) is 0. The molecule has 0 aliphatic carbocycles. The fourth-order valence-electron chi connectivity index (χ4n) is 0.856. The van der Waals surface area contributed by atoms with Crippen LogP contribution in [0.5, 0.6) is 0 Å². The minimum atomic E-state index is -3.73. The second-order valence-corrected chi connectivity index (χ2v) is 3.12. The molecule has 0 aromatic heterocycles. The SMILES string of the molecule is O=C(O)C(O)(CC(O)(C(=O)O)C(=O)O)C(=O)O. The van der Waals surface area contributed by atoms with Crippen LogP contribution < -0.4 is 0 Å². The van der Waals surface area contributed by atoms with E-state index in [2.05, 4.69) is 0 Å². The fraction of sp³-hybridized carbons (Fsp3) is 0.429. The Morgan fingerprint density at radius 3 is 0.941 bits per heavy atom. The molecule has 0 amide bonds. The van der Waals surface area contributed by atoms with Crippen molar-refractivity contribution in [2.24, 2.45) is 0 Å². The van der Waals surface area contributed by atoms with Gasteiger partial charge in [0.05, 0.1) is 0 Å². The zero-order valence-electron chi connectivity index (χ0n) is 8.02. The summed E-state index contributed by atoms with van der Waals surface area (Å²) in [6, 6.07) is 0. The molecule has 0 heterocycles. The first-order valence-corrected chi connectivity index (χ1v) is 3.87. The quantitative estimate of drug-likeness (QED) is 0.269. The smallest absolute Gasteiger partial charge is 0.347 e. The van der Waals surface area contributed by atoms with E-state index in [0.29, 0.717) is 0 Å². The van der Waals surface area contributed by atoms with Crippen LogP contribution in [0.1, 0.15) is 6.42 Å². The number of carboxylic acids is 4. The highest BCUT2D eigenvalue weighted by molar-refractivity contribution is 6.07. The van der Waals surface area contributed by atoms with Crippen molar-refractivity contribution in [1.29, 1.82) is 0 Å². The molecule has 0 aromatic rings. The molecular formula is C7H8O10. The first-order chi connectivity index (χ1) is 7.48. The van der Waals surface area contributed by atoms with Crippen LogP contribution >= 0.6 is 0 Å². The molecule has 17 heavy (non-hydrogen) atoms. The summed E-state index contributed by atoms with van der Waals surface area (Å²) < 4.78 is 0. The van der Waals surface area contributed by atoms with Crippen molar-refractivity contribution in [3.63, 3.8) is 0 Å². The lowest BCUT2D eigenvalue weighted by molar-refractivity contribution is -0.193. The topological polar surface area (TPSA) is 190 Å².